The maximum atomic E-state index is 12.3. The van der Waals surface area contributed by atoms with Crippen molar-refractivity contribution in [1.29, 1.82) is 0 Å². The van der Waals surface area contributed by atoms with E-state index in [1.165, 1.54) is 3.85 Å². The largest absolute Gasteiger partial charge is 0.380 e. The first-order valence-electron chi connectivity index (χ1n) is 5.93. The minimum Gasteiger partial charge on any atom is -0.380 e. The molecule has 2 heterocycles. The molecule has 1 saturated heterocycles. The van der Waals surface area contributed by atoms with Crippen molar-refractivity contribution in [2.45, 2.75) is 18.5 Å². The molecule has 108 valence electrons. The molecule has 1 aliphatic rings. The molecule has 0 amide bonds. The van der Waals surface area contributed by atoms with Crippen molar-refractivity contribution in [3.8, 4) is 0 Å². The highest BCUT2D eigenvalue weighted by Crippen LogP contribution is 2.35. The summed E-state index contributed by atoms with van der Waals surface area (Å²) in [6.45, 7) is 7.92. The minimum absolute atomic E-state index is 0.0752. The third kappa shape index (κ3) is 3.17. The smallest absolute Gasteiger partial charge is 0.268 e. The maximum absolute atomic E-state index is 12.3. The van der Waals surface area contributed by atoms with Gasteiger partial charge in [0.1, 0.15) is 0 Å². The van der Waals surface area contributed by atoms with Crippen LogP contribution in [0.2, 0.25) is 0 Å². The highest BCUT2D eigenvalue weighted by Gasteiger charge is 2.34. The standard InChI is InChI=1S/C10H19N3O3P2S/c1-10(7-16-8-10)6-12-5-4-9(11-12)19(14,15)13(17-2)18-3/h4-5,17-18H,6-8H2,1-3H3. The van der Waals surface area contributed by atoms with Crippen molar-refractivity contribution in [3.05, 3.63) is 12.3 Å². The van der Waals surface area contributed by atoms with E-state index in [1.54, 1.807) is 16.9 Å². The number of hydrogen-bond acceptors (Lipinski definition) is 4. The van der Waals surface area contributed by atoms with Crippen LogP contribution in [0, 0.1) is 5.41 Å². The molecule has 0 aliphatic carbocycles. The molecule has 1 fully saturated rings. The first-order valence-corrected chi connectivity index (χ1v) is 10.3. The van der Waals surface area contributed by atoms with Gasteiger partial charge in [0.2, 0.25) is 0 Å². The Balaban J connectivity index is 2.16. The Morgan fingerprint density at radius 2 is 2.11 bits per heavy atom. The Bertz CT molecular complexity index is 538. The van der Waals surface area contributed by atoms with Crippen LogP contribution in [0.4, 0.5) is 0 Å². The van der Waals surface area contributed by atoms with Gasteiger partial charge in [-0.25, -0.2) is 8.42 Å². The summed E-state index contributed by atoms with van der Waals surface area (Å²) in [5.41, 5.74) is 0.0752. The van der Waals surface area contributed by atoms with E-state index >= 15 is 0 Å². The summed E-state index contributed by atoms with van der Waals surface area (Å²) in [6, 6.07) is 1.57. The molecule has 2 unspecified atom stereocenters. The molecule has 2 rings (SSSR count). The van der Waals surface area contributed by atoms with Gasteiger partial charge >= 0.3 is 0 Å². The summed E-state index contributed by atoms with van der Waals surface area (Å²) in [6.07, 6.45) is 1.73. The summed E-state index contributed by atoms with van der Waals surface area (Å²) in [7, 11) is -2.98. The second kappa shape index (κ2) is 5.74. The molecular weight excluding hydrogens is 304 g/mol. The summed E-state index contributed by atoms with van der Waals surface area (Å²) in [5.74, 6) is 0. The van der Waals surface area contributed by atoms with Gasteiger partial charge in [0.15, 0.2) is 5.03 Å². The lowest BCUT2D eigenvalue weighted by molar-refractivity contribution is -0.111. The van der Waals surface area contributed by atoms with Gasteiger partial charge in [-0.1, -0.05) is 6.92 Å². The van der Waals surface area contributed by atoms with Crippen LogP contribution in [0.5, 0.6) is 0 Å². The fourth-order valence-corrected chi connectivity index (χ4v) is 5.95. The molecule has 0 saturated carbocycles. The molecular formula is C10H19N3O3P2S. The first kappa shape index (κ1) is 15.3. The number of aromatic nitrogens is 2. The van der Waals surface area contributed by atoms with Crippen molar-refractivity contribution in [2.24, 2.45) is 5.41 Å². The van der Waals surface area contributed by atoms with Crippen LogP contribution in [0.15, 0.2) is 17.3 Å². The second-order valence-corrected chi connectivity index (χ2v) is 9.49. The molecule has 2 atom stereocenters. The Hall–Kier alpha value is -0.0600. The molecule has 0 aromatic carbocycles. The highest BCUT2D eigenvalue weighted by molar-refractivity contribution is 7.97. The minimum atomic E-state index is -3.43. The van der Waals surface area contributed by atoms with E-state index in [2.05, 4.69) is 12.0 Å². The SMILES string of the molecule is CPN(PC)S(=O)(=O)c1ccn(CC2(C)COC2)n1. The van der Waals surface area contributed by atoms with Gasteiger partial charge in [0.05, 0.1) is 19.8 Å². The fourth-order valence-electron chi connectivity index (χ4n) is 1.95. The quantitative estimate of drug-likeness (QED) is 0.742. The Kier molecular flexibility index (Phi) is 4.63. The average molecular weight is 323 g/mol. The zero-order valence-corrected chi connectivity index (χ0v) is 14.1. The zero-order chi connectivity index (χ0) is 14.1. The van der Waals surface area contributed by atoms with Gasteiger partial charge < -0.3 is 4.74 Å². The third-order valence-electron chi connectivity index (χ3n) is 2.97. The van der Waals surface area contributed by atoms with Crippen LogP contribution >= 0.6 is 17.5 Å². The van der Waals surface area contributed by atoms with Crippen LogP contribution < -0.4 is 0 Å². The molecule has 9 heteroatoms. The van der Waals surface area contributed by atoms with E-state index in [4.69, 9.17) is 4.74 Å². The zero-order valence-electron chi connectivity index (χ0n) is 11.3. The Morgan fingerprint density at radius 1 is 1.47 bits per heavy atom. The predicted octanol–water partition coefficient (Wildman–Crippen LogP) is 1.36. The molecule has 1 aromatic rings. The molecule has 0 radical (unpaired) electrons. The Morgan fingerprint density at radius 3 is 2.58 bits per heavy atom. The van der Waals surface area contributed by atoms with Crippen molar-refractivity contribution in [1.82, 2.24) is 13.6 Å². The van der Waals surface area contributed by atoms with Gasteiger partial charge in [-0.3, -0.25) is 4.68 Å². The highest BCUT2D eigenvalue weighted by atomic mass is 32.2. The number of hydrogen-bond donors (Lipinski definition) is 0. The van der Waals surface area contributed by atoms with E-state index in [0.29, 0.717) is 19.8 Å². The number of sulfonamides is 1. The van der Waals surface area contributed by atoms with Gasteiger partial charge in [-0.15, -0.1) is 0 Å². The van der Waals surface area contributed by atoms with Gasteiger partial charge in [0.25, 0.3) is 10.0 Å². The Labute approximate surface area is 117 Å². The number of ether oxygens (including phenoxy) is 1. The predicted molar refractivity (Wildman–Crippen MR) is 78.7 cm³/mol. The van der Waals surface area contributed by atoms with Crippen molar-refractivity contribution in [3.63, 3.8) is 0 Å². The number of nitrogens with zero attached hydrogens (tertiary/aromatic N) is 3. The van der Waals surface area contributed by atoms with Gasteiger partial charge in [-0.2, -0.15) is 8.94 Å². The number of rotatable bonds is 6. The monoisotopic (exact) mass is 323 g/mol. The van der Waals surface area contributed by atoms with E-state index < -0.39 is 10.0 Å². The normalized spacial score (nSPS) is 19.8. The molecule has 1 aliphatic heterocycles. The lowest BCUT2D eigenvalue weighted by atomic mass is 9.89. The van der Waals surface area contributed by atoms with Crippen molar-refractivity contribution in [2.75, 3.05) is 26.5 Å². The maximum Gasteiger partial charge on any atom is 0.268 e. The van der Waals surface area contributed by atoms with Crippen molar-refractivity contribution < 1.29 is 13.2 Å². The summed E-state index contributed by atoms with van der Waals surface area (Å²) in [4.78, 5) is 0. The molecule has 6 nitrogen and oxygen atoms in total. The van der Waals surface area contributed by atoms with Gasteiger partial charge in [-0.05, 0) is 36.9 Å². The topological polar surface area (TPSA) is 64.4 Å². The lowest BCUT2D eigenvalue weighted by Gasteiger charge is -2.37. The fraction of sp³-hybridized carbons (Fsp3) is 0.700. The molecule has 0 N–H and O–H groups in total. The molecule has 0 spiro atoms. The molecule has 19 heavy (non-hydrogen) atoms. The average Bonchev–Trinajstić information content (AvgIpc) is 2.77. The van der Waals surface area contributed by atoms with Gasteiger partial charge in [0, 0.05) is 11.6 Å². The second-order valence-electron chi connectivity index (χ2n) is 4.87. The summed E-state index contributed by atoms with van der Waals surface area (Å²) in [5, 5.41) is 4.35. The van der Waals surface area contributed by atoms with Crippen LogP contribution in [0.1, 0.15) is 6.92 Å². The first-order chi connectivity index (χ1) is 8.91. The van der Waals surface area contributed by atoms with Crippen LogP contribution in [-0.4, -0.2) is 48.6 Å². The van der Waals surface area contributed by atoms with E-state index in [9.17, 15) is 8.42 Å². The van der Waals surface area contributed by atoms with Crippen LogP contribution in [0.25, 0.3) is 0 Å². The third-order valence-corrected chi connectivity index (χ3v) is 8.89. The van der Waals surface area contributed by atoms with Crippen molar-refractivity contribution >= 4 is 27.5 Å². The van der Waals surface area contributed by atoms with Crippen LogP contribution in [-0.2, 0) is 21.3 Å². The van der Waals surface area contributed by atoms with E-state index in [0.717, 1.165) is 0 Å². The lowest BCUT2D eigenvalue weighted by Crippen LogP contribution is -2.43. The summed E-state index contributed by atoms with van der Waals surface area (Å²) >= 11 is 0. The molecule has 1 aromatic heterocycles. The molecule has 0 bridgehead atoms. The van der Waals surface area contributed by atoms with E-state index in [1.807, 2.05) is 13.3 Å². The van der Waals surface area contributed by atoms with Crippen LogP contribution in [0.3, 0.4) is 0 Å². The van der Waals surface area contributed by atoms with E-state index in [-0.39, 0.29) is 27.9 Å². The summed E-state index contributed by atoms with van der Waals surface area (Å²) < 4.78 is 32.9.